The number of piperidine rings is 1. The van der Waals surface area contributed by atoms with E-state index in [1.807, 2.05) is 4.90 Å². The normalized spacial score (nSPS) is 28.6. The van der Waals surface area contributed by atoms with E-state index in [9.17, 15) is 14.4 Å². The molecular formula is C17H26N2O5. The minimum atomic E-state index is -0.874. The first kappa shape index (κ1) is 17.2. The van der Waals surface area contributed by atoms with E-state index in [-0.39, 0.29) is 17.9 Å². The van der Waals surface area contributed by atoms with Gasteiger partial charge < -0.3 is 19.6 Å². The minimum absolute atomic E-state index is 0.0190. The van der Waals surface area contributed by atoms with Gasteiger partial charge in [-0.25, -0.2) is 4.79 Å². The van der Waals surface area contributed by atoms with Gasteiger partial charge in [0.1, 0.15) is 0 Å². The maximum Gasteiger partial charge on any atom is 0.332 e. The number of hydrogen-bond acceptors (Lipinski definition) is 4. The van der Waals surface area contributed by atoms with Gasteiger partial charge in [-0.2, -0.15) is 0 Å². The fraction of sp³-hybridized carbons (Fsp3) is 0.824. The average Bonchev–Trinajstić information content (AvgIpc) is 3.22. The molecule has 7 nitrogen and oxygen atoms in total. The lowest BCUT2D eigenvalue weighted by Crippen LogP contribution is -2.42. The van der Waals surface area contributed by atoms with E-state index >= 15 is 0 Å². The second kappa shape index (κ2) is 7.51. The summed E-state index contributed by atoms with van der Waals surface area (Å²) in [7, 11) is 0. The molecule has 0 unspecified atom stereocenters. The van der Waals surface area contributed by atoms with Crippen LogP contribution in [0.4, 0.5) is 0 Å². The number of nitrogens with zero attached hydrogens (tertiary/aromatic N) is 2. The molecule has 2 atom stereocenters. The first-order valence-corrected chi connectivity index (χ1v) is 8.98. The molecule has 3 aliphatic rings. The molecule has 134 valence electrons. The van der Waals surface area contributed by atoms with E-state index in [0.29, 0.717) is 44.8 Å². The number of carbonyl (C=O) groups is 3. The zero-order valence-electron chi connectivity index (χ0n) is 14.0. The fourth-order valence-corrected chi connectivity index (χ4v) is 4.04. The molecule has 3 saturated heterocycles. The largest absolute Gasteiger partial charge is 0.479 e. The molecule has 0 aromatic carbocycles. The lowest BCUT2D eigenvalue weighted by Gasteiger charge is -2.35. The van der Waals surface area contributed by atoms with Gasteiger partial charge in [0, 0.05) is 39.0 Å². The first-order valence-electron chi connectivity index (χ1n) is 8.98. The maximum absolute atomic E-state index is 12.3. The molecule has 0 spiro atoms. The van der Waals surface area contributed by atoms with Crippen molar-refractivity contribution in [2.75, 3.05) is 26.2 Å². The Morgan fingerprint density at radius 1 is 1.12 bits per heavy atom. The van der Waals surface area contributed by atoms with E-state index < -0.39 is 12.1 Å². The van der Waals surface area contributed by atoms with Gasteiger partial charge in [0.05, 0.1) is 6.10 Å². The molecule has 3 fully saturated rings. The van der Waals surface area contributed by atoms with Gasteiger partial charge in [-0.1, -0.05) is 0 Å². The summed E-state index contributed by atoms with van der Waals surface area (Å²) in [5.74, 6) is -0.253. The maximum atomic E-state index is 12.3. The second-order valence-electron chi connectivity index (χ2n) is 7.03. The molecule has 2 amide bonds. The number of carboxylic acid groups (broad SMARTS) is 1. The van der Waals surface area contributed by atoms with Crippen molar-refractivity contribution < 1.29 is 24.2 Å². The third-order valence-corrected chi connectivity index (χ3v) is 5.51. The van der Waals surface area contributed by atoms with Crippen LogP contribution in [0.1, 0.15) is 44.9 Å². The summed E-state index contributed by atoms with van der Waals surface area (Å²) in [6, 6.07) is 0. The van der Waals surface area contributed by atoms with Gasteiger partial charge in [-0.3, -0.25) is 9.59 Å². The number of amides is 2. The standard InChI is InChI=1S/C17H26N2O5/c20-15-2-1-8-18(15)11-7-16(21)19-9-5-12(6-10-19)13-3-4-14(24-13)17(22)23/h12-14H,1-11H2,(H,22,23)/t13-,14+/m0/s1. The van der Waals surface area contributed by atoms with Crippen LogP contribution in [-0.4, -0.2) is 71.1 Å². The summed E-state index contributed by atoms with van der Waals surface area (Å²) in [5, 5.41) is 9.01. The van der Waals surface area contributed by atoms with E-state index in [4.69, 9.17) is 9.84 Å². The van der Waals surface area contributed by atoms with Crippen molar-refractivity contribution in [3.05, 3.63) is 0 Å². The summed E-state index contributed by atoms with van der Waals surface area (Å²) in [4.78, 5) is 38.5. The molecule has 3 rings (SSSR count). The van der Waals surface area contributed by atoms with Crippen molar-refractivity contribution in [1.29, 1.82) is 0 Å². The van der Waals surface area contributed by atoms with E-state index in [1.165, 1.54) is 0 Å². The van der Waals surface area contributed by atoms with Crippen molar-refractivity contribution in [3.8, 4) is 0 Å². The van der Waals surface area contributed by atoms with Crippen molar-refractivity contribution in [2.24, 2.45) is 5.92 Å². The third-order valence-electron chi connectivity index (χ3n) is 5.51. The Balaban J connectivity index is 1.39. The predicted octanol–water partition coefficient (Wildman–Crippen LogP) is 0.870. The van der Waals surface area contributed by atoms with Crippen LogP contribution in [0.25, 0.3) is 0 Å². The highest BCUT2D eigenvalue weighted by Gasteiger charge is 2.37. The van der Waals surface area contributed by atoms with Crippen molar-refractivity contribution >= 4 is 17.8 Å². The van der Waals surface area contributed by atoms with Crippen LogP contribution in [0.2, 0.25) is 0 Å². The van der Waals surface area contributed by atoms with E-state index in [2.05, 4.69) is 0 Å². The van der Waals surface area contributed by atoms with E-state index in [0.717, 1.165) is 32.2 Å². The minimum Gasteiger partial charge on any atom is -0.479 e. The highest BCUT2D eigenvalue weighted by Crippen LogP contribution is 2.32. The van der Waals surface area contributed by atoms with Crippen LogP contribution < -0.4 is 0 Å². The van der Waals surface area contributed by atoms with Crippen LogP contribution in [-0.2, 0) is 19.1 Å². The summed E-state index contributed by atoms with van der Waals surface area (Å²) in [6.45, 7) is 2.71. The topological polar surface area (TPSA) is 87.2 Å². The Kier molecular flexibility index (Phi) is 5.38. The van der Waals surface area contributed by atoms with Crippen molar-refractivity contribution in [2.45, 2.75) is 57.2 Å². The van der Waals surface area contributed by atoms with Gasteiger partial charge in [-0.05, 0) is 38.0 Å². The molecular weight excluding hydrogens is 312 g/mol. The molecule has 24 heavy (non-hydrogen) atoms. The highest BCUT2D eigenvalue weighted by molar-refractivity contribution is 5.80. The number of carboxylic acids is 1. The monoisotopic (exact) mass is 338 g/mol. The number of aliphatic carboxylic acids is 1. The van der Waals surface area contributed by atoms with E-state index in [1.54, 1.807) is 4.90 Å². The molecule has 0 bridgehead atoms. The van der Waals surface area contributed by atoms with Crippen LogP contribution in [0.3, 0.4) is 0 Å². The molecule has 0 aliphatic carbocycles. The van der Waals surface area contributed by atoms with Gasteiger partial charge in [0.2, 0.25) is 11.8 Å². The molecule has 1 N–H and O–H groups in total. The third kappa shape index (κ3) is 3.88. The van der Waals surface area contributed by atoms with Crippen LogP contribution >= 0.6 is 0 Å². The van der Waals surface area contributed by atoms with Crippen LogP contribution in [0.15, 0.2) is 0 Å². The van der Waals surface area contributed by atoms with Crippen molar-refractivity contribution in [3.63, 3.8) is 0 Å². The quantitative estimate of drug-likeness (QED) is 0.804. The second-order valence-corrected chi connectivity index (χ2v) is 7.03. The fourth-order valence-electron chi connectivity index (χ4n) is 4.04. The Morgan fingerprint density at radius 3 is 2.46 bits per heavy atom. The molecule has 0 radical (unpaired) electrons. The van der Waals surface area contributed by atoms with Crippen molar-refractivity contribution in [1.82, 2.24) is 9.80 Å². The molecule has 3 heterocycles. The van der Waals surface area contributed by atoms with Gasteiger partial charge >= 0.3 is 5.97 Å². The molecule has 0 saturated carbocycles. The van der Waals surface area contributed by atoms with Crippen LogP contribution in [0, 0.1) is 5.92 Å². The number of likely N-dealkylation sites (tertiary alicyclic amines) is 2. The van der Waals surface area contributed by atoms with Gasteiger partial charge in [0.15, 0.2) is 6.10 Å². The highest BCUT2D eigenvalue weighted by atomic mass is 16.5. The number of carbonyl (C=O) groups excluding carboxylic acids is 2. The Labute approximate surface area is 141 Å². The molecule has 3 aliphatic heterocycles. The lowest BCUT2D eigenvalue weighted by atomic mass is 9.89. The molecule has 0 aromatic rings. The lowest BCUT2D eigenvalue weighted by molar-refractivity contribution is -0.151. The zero-order chi connectivity index (χ0) is 17.1. The number of ether oxygens (including phenoxy) is 1. The number of hydrogen-bond donors (Lipinski definition) is 1. The summed E-state index contributed by atoms with van der Waals surface area (Å²) < 4.78 is 5.64. The zero-order valence-corrected chi connectivity index (χ0v) is 14.0. The predicted molar refractivity (Wildman–Crippen MR) is 85.3 cm³/mol. The smallest absolute Gasteiger partial charge is 0.332 e. The SMILES string of the molecule is O=C(O)[C@H]1CC[C@@H](C2CCN(C(=O)CCN3CCCC3=O)CC2)O1. The van der Waals surface area contributed by atoms with Crippen LogP contribution in [0.5, 0.6) is 0 Å². The Morgan fingerprint density at radius 2 is 1.88 bits per heavy atom. The van der Waals surface area contributed by atoms with Gasteiger partial charge in [-0.15, -0.1) is 0 Å². The first-order chi connectivity index (χ1) is 11.5. The average molecular weight is 338 g/mol. The molecule has 7 heteroatoms. The summed E-state index contributed by atoms with van der Waals surface area (Å²) in [6.07, 6.45) is 4.39. The summed E-state index contributed by atoms with van der Waals surface area (Å²) in [5.41, 5.74) is 0. The Hall–Kier alpha value is -1.63. The number of rotatable bonds is 5. The van der Waals surface area contributed by atoms with Gasteiger partial charge in [0.25, 0.3) is 0 Å². The molecule has 0 aromatic heterocycles. The Bertz CT molecular complexity index is 501. The summed E-state index contributed by atoms with van der Waals surface area (Å²) >= 11 is 0.